The quantitative estimate of drug-likeness (QED) is 0.460. The highest BCUT2D eigenvalue weighted by atomic mass is 16.7. The van der Waals surface area contributed by atoms with Crippen molar-refractivity contribution in [2.75, 3.05) is 13.9 Å². The zero-order chi connectivity index (χ0) is 21.6. The highest BCUT2D eigenvalue weighted by Crippen LogP contribution is 2.33. The van der Waals surface area contributed by atoms with E-state index >= 15 is 0 Å². The van der Waals surface area contributed by atoms with Crippen LogP contribution in [0.2, 0.25) is 0 Å². The summed E-state index contributed by atoms with van der Waals surface area (Å²) < 4.78 is 26.2. The first-order valence-corrected chi connectivity index (χ1v) is 9.38. The van der Waals surface area contributed by atoms with Crippen LogP contribution in [0, 0.1) is 0 Å². The van der Waals surface area contributed by atoms with Crippen molar-refractivity contribution in [1.82, 2.24) is 5.32 Å². The molecule has 0 spiro atoms. The third-order valence-corrected chi connectivity index (χ3v) is 4.45. The van der Waals surface area contributed by atoms with Crippen LogP contribution in [-0.4, -0.2) is 25.8 Å². The zero-order valence-electron chi connectivity index (χ0n) is 16.6. The van der Waals surface area contributed by atoms with Crippen molar-refractivity contribution in [2.24, 2.45) is 0 Å². The fourth-order valence-corrected chi connectivity index (χ4v) is 2.86. The van der Waals surface area contributed by atoms with Crippen LogP contribution in [0.25, 0.3) is 6.08 Å². The molecule has 8 heteroatoms. The van der Waals surface area contributed by atoms with Crippen LogP contribution >= 0.6 is 0 Å². The second-order valence-corrected chi connectivity index (χ2v) is 6.51. The summed E-state index contributed by atoms with van der Waals surface area (Å²) in [5, 5.41) is 2.62. The molecule has 0 radical (unpaired) electrons. The smallest absolute Gasteiger partial charge is 0.355 e. The van der Waals surface area contributed by atoms with Crippen LogP contribution in [-0.2, 0) is 16.1 Å². The van der Waals surface area contributed by atoms with Crippen molar-refractivity contribution in [3.8, 4) is 17.2 Å². The molecule has 1 N–H and O–H groups in total. The number of hydrogen-bond donors (Lipinski definition) is 1. The molecule has 0 saturated carbocycles. The third-order valence-electron chi connectivity index (χ3n) is 4.45. The first-order chi connectivity index (χ1) is 15.1. The van der Waals surface area contributed by atoms with Gasteiger partial charge < -0.3 is 28.7 Å². The van der Waals surface area contributed by atoms with Gasteiger partial charge in [-0.3, -0.25) is 4.79 Å². The van der Waals surface area contributed by atoms with Gasteiger partial charge in [0.25, 0.3) is 5.91 Å². The number of rotatable bonds is 7. The van der Waals surface area contributed by atoms with Gasteiger partial charge >= 0.3 is 5.97 Å². The first kappa shape index (κ1) is 20.1. The molecule has 1 amide bonds. The Bertz CT molecular complexity index is 1100. The number of fused-ring (bicyclic) bond motifs is 1. The van der Waals surface area contributed by atoms with Crippen LogP contribution in [0.1, 0.15) is 21.7 Å². The maximum atomic E-state index is 12.7. The summed E-state index contributed by atoms with van der Waals surface area (Å²) in [5.41, 5.74) is 0.951. The van der Waals surface area contributed by atoms with Crippen LogP contribution in [0.3, 0.4) is 0 Å². The largest absolute Gasteiger partial charge is 0.497 e. The molecule has 3 aromatic rings. The van der Waals surface area contributed by atoms with E-state index in [-0.39, 0.29) is 19.1 Å². The fourth-order valence-electron chi connectivity index (χ4n) is 2.86. The van der Waals surface area contributed by atoms with E-state index in [1.54, 1.807) is 54.6 Å². The van der Waals surface area contributed by atoms with Crippen LogP contribution in [0.4, 0.5) is 0 Å². The van der Waals surface area contributed by atoms with E-state index in [0.717, 1.165) is 0 Å². The van der Waals surface area contributed by atoms with Crippen molar-refractivity contribution >= 4 is 18.0 Å². The van der Waals surface area contributed by atoms with Crippen molar-refractivity contribution in [1.29, 1.82) is 0 Å². The molecule has 1 aliphatic rings. The Morgan fingerprint density at radius 2 is 1.87 bits per heavy atom. The number of nitrogens with one attached hydrogen (secondary N) is 1. The van der Waals surface area contributed by atoms with Crippen molar-refractivity contribution in [3.05, 3.63) is 83.4 Å². The molecule has 0 unspecified atom stereocenters. The fraction of sp³-hybridized carbons (Fsp3) is 0.130. The summed E-state index contributed by atoms with van der Waals surface area (Å²) in [6, 6.07) is 15.1. The van der Waals surface area contributed by atoms with Gasteiger partial charge in [-0.05, 0) is 60.2 Å². The molecule has 8 nitrogen and oxygen atoms in total. The Labute approximate surface area is 178 Å². The van der Waals surface area contributed by atoms with Gasteiger partial charge in [0.2, 0.25) is 6.79 Å². The summed E-state index contributed by atoms with van der Waals surface area (Å²) in [7, 11) is 1.54. The molecule has 31 heavy (non-hydrogen) atoms. The third kappa shape index (κ3) is 4.87. The van der Waals surface area contributed by atoms with E-state index in [9.17, 15) is 9.59 Å². The molecule has 0 atom stereocenters. The summed E-state index contributed by atoms with van der Waals surface area (Å²) >= 11 is 0. The molecule has 1 aromatic heterocycles. The summed E-state index contributed by atoms with van der Waals surface area (Å²) in [6.45, 7) is 0.0669. The summed E-state index contributed by atoms with van der Waals surface area (Å²) in [5.74, 6) is 1.09. The molecule has 2 heterocycles. The molecule has 0 saturated heterocycles. The van der Waals surface area contributed by atoms with Gasteiger partial charge in [-0.2, -0.15) is 0 Å². The molecule has 158 valence electrons. The van der Waals surface area contributed by atoms with Gasteiger partial charge in [0.15, 0.2) is 11.5 Å². The second kappa shape index (κ2) is 9.08. The maximum absolute atomic E-state index is 12.7. The molecule has 1 aliphatic heterocycles. The minimum absolute atomic E-state index is 0.0359. The normalized spacial score (nSPS) is 12.4. The SMILES string of the molecule is COc1ccc(C(=O)N/C(=C\c2ccc3c(c2)OCO3)C(=O)OCc2ccco2)cc1. The molecular formula is C23H19NO7. The number of benzene rings is 2. The highest BCUT2D eigenvalue weighted by Gasteiger charge is 2.18. The average molecular weight is 421 g/mol. The Balaban J connectivity index is 1.56. The molecule has 0 aliphatic carbocycles. The van der Waals surface area contributed by atoms with Gasteiger partial charge in [0, 0.05) is 5.56 Å². The summed E-state index contributed by atoms with van der Waals surface area (Å²) in [4.78, 5) is 25.4. The number of ether oxygens (including phenoxy) is 4. The number of carbonyl (C=O) groups excluding carboxylic acids is 2. The van der Waals surface area contributed by atoms with Gasteiger partial charge in [-0.15, -0.1) is 0 Å². The summed E-state index contributed by atoms with van der Waals surface area (Å²) in [6.07, 6.45) is 2.99. The van der Waals surface area contributed by atoms with E-state index in [0.29, 0.717) is 34.1 Å². The monoisotopic (exact) mass is 421 g/mol. The van der Waals surface area contributed by atoms with E-state index in [2.05, 4.69) is 5.32 Å². The average Bonchev–Trinajstić information content (AvgIpc) is 3.48. The lowest BCUT2D eigenvalue weighted by molar-refractivity contribution is -0.141. The van der Waals surface area contributed by atoms with Gasteiger partial charge in [0.05, 0.1) is 13.4 Å². The van der Waals surface area contributed by atoms with Crippen LogP contribution in [0.15, 0.2) is 71.0 Å². The second-order valence-electron chi connectivity index (χ2n) is 6.51. The highest BCUT2D eigenvalue weighted by molar-refractivity contribution is 6.03. The lowest BCUT2D eigenvalue weighted by Gasteiger charge is -2.11. The van der Waals surface area contributed by atoms with Crippen LogP contribution in [0.5, 0.6) is 17.2 Å². The Kier molecular flexibility index (Phi) is 5.89. The first-order valence-electron chi connectivity index (χ1n) is 9.38. The Morgan fingerprint density at radius 3 is 2.61 bits per heavy atom. The van der Waals surface area contributed by atoms with Gasteiger partial charge in [0.1, 0.15) is 23.8 Å². The van der Waals surface area contributed by atoms with E-state index in [1.807, 2.05) is 0 Å². The molecule has 0 bridgehead atoms. The minimum atomic E-state index is -0.712. The minimum Gasteiger partial charge on any atom is -0.497 e. The zero-order valence-corrected chi connectivity index (χ0v) is 16.6. The van der Waals surface area contributed by atoms with Crippen LogP contribution < -0.4 is 19.5 Å². The van der Waals surface area contributed by atoms with Crippen molar-refractivity contribution in [3.63, 3.8) is 0 Å². The Hall–Kier alpha value is -4.20. The van der Waals surface area contributed by atoms with Crippen molar-refractivity contribution < 1.29 is 33.0 Å². The standard InChI is InChI=1S/C23H19NO7/c1-27-17-7-5-16(6-8-17)22(25)24-19(23(26)29-13-18-3-2-10-28-18)11-15-4-9-20-21(12-15)31-14-30-20/h2-12H,13-14H2,1H3,(H,24,25)/b19-11-. The van der Waals surface area contributed by atoms with E-state index in [4.69, 9.17) is 23.4 Å². The number of methoxy groups -OCH3 is 1. The maximum Gasteiger partial charge on any atom is 0.355 e. The number of esters is 1. The Morgan fingerprint density at radius 1 is 1.06 bits per heavy atom. The van der Waals surface area contributed by atoms with E-state index < -0.39 is 11.9 Å². The molecule has 4 rings (SSSR count). The number of carbonyl (C=O) groups is 2. The molecular weight excluding hydrogens is 402 g/mol. The lowest BCUT2D eigenvalue weighted by Crippen LogP contribution is -2.28. The van der Waals surface area contributed by atoms with Gasteiger partial charge in [-0.1, -0.05) is 6.07 Å². The number of hydrogen-bond acceptors (Lipinski definition) is 7. The predicted octanol–water partition coefficient (Wildman–Crippen LogP) is 3.53. The van der Waals surface area contributed by atoms with Crippen molar-refractivity contribution in [2.45, 2.75) is 6.61 Å². The van der Waals surface area contributed by atoms with Gasteiger partial charge in [-0.25, -0.2) is 4.79 Å². The lowest BCUT2D eigenvalue weighted by atomic mass is 10.1. The molecule has 0 fully saturated rings. The number of furan rings is 1. The van der Waals surface area contributed by atoms with E-state index in [1.165, 1.54) is 19.4 Å². The molecule has 2 aromatic carbocycles. The number of amides is 1. The topological polar surface area (TPSA) is 96.2 Å². The predicted molar refractivity (Wildman–Crippen MR) is 110 cm³/mol.